The third-order valence-electron chi connectivity index (χ3n) is 4.26. The minimum atomic E-state index is -0.327. The Labute approximate surface area is 198 Å². The summed E-state index contributed by atoms with van der Waals surface area (Å²) in [7, 11) is 3.01. The summed E-state index contributed by atoms with van der Waals surface area (Å²) >= 11 is 3.64. The van der Waals surface area contributed by atoms with Crippen molar-refractivity contribution in [2.75, 3.05) is 30.6 Å². The van der Waals surface area contributed by atoms with Crippen molar-refractivity contribution in [2.24, 2.45) is 0 Å². The van der Waals surface area contributed by atoms with Gasteiger partial charge in [0, 0.05) is 19.8 Å². The highest BCUT2D eigenvalue weighted by molar-refractivity contribution is 14.1. The Bertz CT molecular complexity index is 1030. The van der Waals surface area contributed by atoms with Crippen molar-refractivity contribution < 1.29 is 19.1 Å². The van der Waals surface area contributed by atoms with E-state index in [0.29, 0.717) is 22.7 Å². The zero-order chi connectivity index (χ0) is 22.2. The fourth-order valence-electron chi connectivity index (χ4n) is 2.78. The highest BCUT2D eigenvalue weighted by Crippen LogP contribution is 2.29. The predicted molar refractivity (Wildman–Crippen MR) is 132 cm³/mol. The van der Waals surface area contributed by atoms with Crippen molar-refractivity contribution in [1.29, 1.82) is 0 Å². The van der Waals surface area contributed by atoms with Gasteiger partial charge in [-0.25, -0.2) is 0 Å². The third-order valence-corrected chi connectivity index (χ3v) is 6.00. The Morgan fingerprint density at radius 2 is 1.39 bits per heavy atom. The summed E-state index contributed by atoms with van der Waals surface area (Å²) in [5.74, 6) is 0.751. The van der Waals surface area contributed by atoms with E-state index >= 15 is 0 Å². The lowest BCUT2D eigenvalue weighted by molar-refractivity contribution is -0.113. The number of thioether (sulfide) groups is 1. The maximum absolute atomic E-state index is 12.7. The van der Waals surface area contributed by atoms with Gasteiger partial charge in [-0.2, -0.15) is 0 Å². The third kappa shape index (κ3) is 6.38. The van der Waals surface area contributed by atoms with Crippen LogP contribution < -0.4 is 20.1 Å². The van der Waals surface area contributed by atoms with Gasteiger partial charge in [-0.15, -0.1) is 11.8 Å². The molecular formula is C23H21IN2O4S. The lowest BCUT2D eigenvalue weighted by Gasteiger charge is -2.13. The fraction of sp³-hybridized carbons (Fsp3) is 0.130. The van der Waals surface area contributed by atoms with Gasteiger partial charge >= 0.3 is 0 Å². The monoisotopic (exact) mass is 548 g/mol. The van der Waals surface area contributed by atoms with Crippen molar-refractivity contribution >= 4 is 57.5 Å². The summed E-state index contributed by atoms with van der Waals surface area (Å²) in [5.41, 5.74) is 1.74. The summed E-state index contributed by atoms with van der Waals surface area (Å²) in [6.45, 7) is 0. The number of ether oxygens (including phenoxy) is 2. The molecule has 0 radical (unpaired) electrons. The average Bonchev–Trinajstić information content (AvgIpc) is 2.79. The van der Waals surface area contributed by atoms with E-state index in [0.717, 1.165) is 14.2 Å². The van der Waals surface area contributed by atoms with Gasteiger partial charge in [0.05, 0.1) is 20.0 Å². The predicted octanol–water partition coefficient (Wildman–Crippen LogP) is 5.29. The van der Waals surface area contributed by atoms with Gasteiger partial charge in [-0.05, 0) is 83.3 Å². The molecule has 8 heteroatoms. The smallest absolute Gasteiger partial charge is 0.263 e. The second-order valence-electron chi connectivity index (χ2n) is 6.36. The van der Waals surface area contributed by atoms with Crippen LogP contribution in [0.2, 0.25) is 0 Å². The molecule has 0 heterocycles. The Balaban J connectivity index is 1.57. The molecule has 0 fully saturated rings. The first-order chi connectivity index (χ1) is 15.0. The van der Waals surface area contributed by atoms with Gasteiger partial charge < -0.3 is 20.1 Å². The van der Waals surface area contributed by atoms with Crippen LogP contribution in [0.1, 0.15) is 10.4 Å². The van der Waals surface area contributed by atoms with Gasteiger partial charge in [0.1, 0.15) is 17.1 Å². The second kappa shape index (κ2) is 11.1. The number of nitrogens with one attached hydrogen (secondary N) is 2. The summed E-state index contributed by atoms with van der Waals surface area (Å²) in [6.07, 6.45) is 0. The molecule has 160 valence electrons. The van der Waals surface area contributed by atoms with Crippen LogP contribution in [-0.2, 0) is 4.79 Å². The number of anilines is 2. The highest BCUT2D eigenvalue weighted by atomic mass is 127. The number of rotatable bonds is 8. The van der Waals surface area contributed by atoms with Crippen LogP contribution in [0.5, 0.6) is 11.5 Å². The molecule has 0 saturated carbocycles. The summed E-state index contributed by atoms with van der Waals surface area (Å²) in [5, 5.41) is 5.72. The summed E-state index contributed by atoms with van der Waals surface area (Å²) < 4.78 is 11.7. The van der Waals surface area contributed by atoms with E-state index in [2.05, 4.69) is 33.2 Å². The minimum Gasteiger partial charge on any atom is -0.496 e. The van der Waals surface area contributed by atoms with Crippen LogP contribution in [0.25, 0.3) is 0 Å². The van der Waals surface area contributed by atoms with E-state index in [-0.39, 0.29) is 17.6 Å². The molecule has 3 rings (SSSR count). The molecule has 31 heavy (non-hydrogen) atoms. The number of carbonyl (C=O) groups is 2. The first kappa shape index (κ1) is 23.0. The van der Waals surface area contributed by atoms with Crippen LogP contribution >= 0.6 is 34.4 Å². The quantitative estimate of drug-likeness (QED) is 0.296. The molecule has 2 amide bonds. The molecule has 6 nitrogen and oxygen atoms in total. The van der Waals surface area contributed by atoms with Crippen molar-refractivity contribution in [3.8, 4) is 11.5 Å². The largest absolute Gasteiger partial charge is 0.496 e. The topological polar surface area (TPSA) is 76.7 Å². The lowest BCUT2D eigenvalue weighted by atomic mass is 10.1. The molecule has 0 unspecified atom stereocenters. The lowest BCUT2D eigenvalue weighted by Crippen LogP contribution is -2.14. The van der Waals surface area contributed by atoms with Crippen molar-refractivity contribution in [3.05, 3.63) is 75.9 Å². The van der Waals surface area contributed by atoms with Gasteiger partial charge in [-0.1, -0.05) is 6.07 Å². The molecule has 0 aliphatic rings. The number of carbonyl (C=O) groups excluding carboxylic acids is 2. The Hall–Kier alpha value is -2.72. The molecule has 2 N–H and O–H groups in total. The Morgan fingerprint density at radius 3 is 1.97 bits per heavy atom. The van der Waals surface area contributed by atoms with Crippen molar-refractivity contribution in [3.63, 3.8) is 0 Å². The minimum absolute atomic E-state index is 0.0770. The van der Waals surface area contributed by atoms with Gasteiger partial charge in [0.2, 0.25) is 5.91 Å². The maximum atomic E-state index is 12.7. The van der Waals surface area contributed by atoms with Gasteiger partial charge in [0.25, 0.3) is 5.91 Å². The zero-order valence-corrected chi connectivity index (χ0v) is 20.0. The average molecular weight is 548 g/mol. The van der Waals surface area contributed by atoms with Gasteiger partial charge in [-0.3, -0.25) is 9.59 Å². The molecule has 3 aromatic rings. The van der Waals surface area contributed by atoms with Crippen LogP contribution in [0.4, 0.5) is 11.4 Å². The van der Waals surface area contributed by atoms with E-state index in [4.69, 9.17) is 9.47 Å². The van der Waals surface area contributed by atoms with Crippen LogP contribution in [0.3, 0.4) is 0 Å². The fourth-order valence-corrected chi connectivity index (χ4v) is 3.84. The first-order valence-electron chi connectivity index (χ1n) is 9.31. The molecule has 0 saturated heterocycles. The number of benzene rings is 3. The number of hydrogen-bond donors (Lipinski definition) is 2. The summed E-state index contributed by atoms with van der Waals surface area (Å²) in [4.78, 5) is 25.8. The molecule has 0 spiro atoms. The number of methoxy groups -OCH3 is 2. The number of amides is 2. The van der Waals surface area contributed by atoms with E-state index in [9.17, 15) is 9.59 Å². The highest BCUT2D eigenvalue weighted by Gasteiger charge is 2.18. The van der Waals surface area contributed by atoms with Crippen molar-refractivity contribution in [2.45, 2.75) is 4.90 Å². The molecule has 0 aliphatic heterocycles. The molecule has 0 aliphatic carbocycles. The van der Waals surface area contributed by atoms with Crippen LogP contribution in [0.15, 0.2) is 71.6 Å². The maximum Gasteiger partial charge on any atom is 0.263 e. The SMILES string of the molecule is COc1cccc(OC)c1C(=O)Nc1ccc(SCC(=O)Nc2ccc(I)cc2)cc1. The van der Waals surface area contributed by atoms with E-state index in [1.807, 2.05) is 36.4 Å². The Morgan fingerprint density at radius 1 is 0.839 bits per heavy atom. The second-order valence-corrected chi connectivity index (χ2v) is 8.65. The number of halogens is 1. The molecule has 0 bridgehead atoms. The first-order valence-corrected chi connectivity index (χ1v) is 11.4. The number of hydrogen-bond acceptors (Lipinski definition) is 5. The molecule has 0 atom stereocenters. The standard InChI is InChI=1S/C23H21IN2O4S/c1-29-19-4-3-5-20(30-2)22(19)23(28)26-17-10-12-18(13-11-17)31-14-21(27)25-16-8-6-15(24)7-9-16/h3-13H,14H2,1-2H3,(H,25,27)(H,26,28). The van der Waals surface area contributed by atoms with E-state index in [1.54, 1.807) is 30.3 Å². The van der Waals surface area contributed by atoms with E-state index < -0.39 is 0 Å². The molecule has 0 aromatic heterocycles. The summed E-state index contributed by atoms with van der Waals surface area (Å²) in [6, 6.07) is 20.1. The zero-order valence-electron chi connectivity index (χ0n) is 17.0. The van der Waals surface area contributed by atoms with Crippen LogP contribution in [-0.4, -0.2) is 31.8 Å². The van der Waals surface area contributed by atoms with E-state index in [1.165, 1.54) is 26.0 Å². The van der Waals surface area contributed by atoms with Crippen molar-refractivity contribution in [1.82, 2.24) is 0 Å². The Kier molecular flexibility index (Phi) is 8.19. The normalized spacial score (nSPS) is 10.3. The van der Waals surface area contributed by atoms with Gasteiger partial charge in [0.15, 0.2) is 0 Å². The molecule has 3 aromatic carbocycles. The molecular weight excluding hydrogens is 527 g/mol. The van der Waals surface area contributed by atoms with Crippen LogP contribution in [0, 0.1) is 3.57 Å².